The number of nitrogens with one attached hydrogen (secondary N) is 2. The fourth-order valence-electron chi connectivity index (χ4n) is 5.60. The maximum absolute atomic E-state index is 12.8. The zero-order chi connectivity index (χ0) is 43.4. The molecule has 11 N–H and O–H groups in total. The van der Waals surface area contributed by atoms with Gasteiger partial charge in [0.2, 0.25) is 11.9 Å². The molecule has 336 valence electrons. The van der Waals surface area contributed by atoms with Crippen molar-refractivity contribution in [2.75, 3.05) is 78.3 Å². The van der Waals surface area contributed by atoms with Crippen LogP contribution >= 0.6 is 15.6 Å². The third-order valence-electron chi connectivity index (χ3n) is 8.61. The van der Waals surface area contributed by atoms with Gasteiger partial charge in [0.15, 0.2) is 23.7 Å². The number of hydrogen-bond donors (Lipinski definition) is 10. The van der Waals surface area contributed by atoms with Crippen LogP contribution in [0.4, 0.5) is 5.95 Å². The molecule has 0 bridgehead atoms. The molecule has 4 heterocycles. The minimum atomic E-state index is -5.74. The highest BCUT2D eigenvalue weighted by Crippen LogP contribution is 2.61. The van der Waals surface area contributed by atoms with Crippen molar-refractivity contribution in [3.8, 4) is 0 Å². The molecule has 2 aliphatic rings. The van der Waals surface area contributed by atoms with Crippen LogP contribution in [0.2, 0.25) is 0 Å². The number of aromatic nitrogens is 4. The van der Waals surface area contributed by atoms with E-state index in [4.69, 9.17) is 43.2 Å². The number of H-pyrrole nitrogens is 1. The molecule has 2 saturated heterocycles. The van der Waals surface area contributed by atoms with Crippen LogP contribution in [0.1, 0.15) is 32.4 Å². The van der Waals surface area contributed by atoms with E-state index in [0.29, 0.717) is 39.5 Å². The number of aromatic amines is 1. The Bertz CT molecular complexity index is 1840. The summed E-state index contributed by atoms with van der Waals surface area (Å²) in [6, 6.07) is 0. The zero-order valence-electron chi connectivity index (χ0n) is 31.7. The lowest BCUT2D eigenvalue weighted by Crippen LogP contribution is -2.61. The number of phosphoric acid groups is 2. The summed E-state index contributed by atoms with van der Waals surface area (Å²) in [4.78, 5) is 65.9. The highest BCUT2D eigenvalue weighted by Gasteiger charge is 2.52. The van der Waals surface area contributed by atoms with E-state index in [1.807, 2.05) is 0 Å². The van der Waals surface area contributed by atoms with Crippen molar-refractivity contribution in [2.24, 2.45) is 0 Å². The number of Topliss-reactive ketones (excluding diaryl/α,β-unsaturated/α-hetero) is 1. The number of carbonyl (C=O) groups excluding carboxylic acids is 2. The van der Waals surface area contributed by atoms with E-state index < -0.39 is 95.4 Å². The first-order valence-corrected chi connectivity index (χ1v) is 21.0. The number of anilines is 1. The predicted octanol–water partition coefficient (Wildman–Crippen LogP) is -3.68. The van der Waals surface area contributed by atoms with Gasteiger partial charge in [-0.25, -0.2) is 14.1 Å². The third kappa shape index (κ3) is 14.6. The number of ketones is 1. The molecule has 1 amide bonds. The Labute approximate surface area is 334 Å². The molecule has 2 aromatic heterocycles. The molecule has 2 aromatic rings. The van der Waals surface area contributed by atoms with E-state index in [9.17, 15) is 58.8 Å². The van der Waals surface area contributed by atoms with E-state index >= 15 is 0 Å². The van der Waals surface area contributed by atoms with Crippen molar-refractivity contribution >= 4 is 44.4 Å². The SMILES string of the molecule is CC(=O)CCOCCOCCOCCOCCC(=O)NCC1CC(O)(CO)C(O)[C@@H](OP(=O)(O)OP(=O)(O)OC[C@H]2O[C@@H](n3cnc4c(=O)[nH]c(N)nc43)C(O)C2O)O1. The number of rotatable bonds is 26. The summed E-state index contributed by atoms with van der Waals surface area (Å²) in [5, 5.41) is 54.8. The van der Waals surface area contributed by atoms with Gasteiger partial charge in [0.25, 0.3) is 5.56 Å². The number of phosphoric ester groups is 2. The Morgan fingerprint density at radius 2 is 1.59 bits per heavy atom. The van der Waals surface area contributed by atoms with Crippen molar-refractivity contribution in [3.05, 3.63) is 16.7 Å². The number of aliphatic hydroxyl groups is 5. The number of imidazole rings is 1. The summed E-state index contributed by atoms with van der Waals surface area (Å²) in [5.74, 6) is -0.786. The van der Waals surface area contributed by atoms with Crippen LogP contribution in [0.15, 0.2) is 11.1 Å². The second-order valence-corrected chi connectivity index (χ2v) is 16.2. The maximum Gasteiger partial charge on any atom is 0.483 e. The first-order chi connectivity index (χ1) is 27.8. The minimum absolute atomic E-state index is 0.00173. The fraction of sp³-hybridized carbons (Fsp3) is 0.767. The number of fused-ring (bicyclic) bond motifs is 1. The molecular formula is C30H50N6O21P2. The maximum atomic E-state index is 12.8. The van der Waals surface area contributed by atoms with Crippen molar-refractivity contribution < 1.29 is 95.8 Å². The first kappa shape index (κ1) is 48.8. The predicted molar refractivity (Wildman–Crippen MR) is 194 cm³/mol. The molecule has 59 heavy (non-hydrogen) atoms. The van der Waals surface area contributed by atoms with E-state index in [2.05, 4.69) is 24.6 Å². The summed E-state index contributed by atoms with van der Waals surface area (Å²) in [5.41, 5.74) is 2.15. The lowest BCUT2D eigenvalue weighted by molar-refractivity contribution is -0.278. The molecule has 4 rings (SSSR count). The molecular weight excluding hydrogens is 842 g/mol. The molecule has 2 aliphatic heterocycles. The average molecular weight is 893 g/mol. The third-order valence-corrected chi connectivity index (χ3v) is 11.2. The quantitative estimate of drug-likeness (QED) is 0.0321. The van der Waals surface area contributed by atoms with Gasteiger partial charge in [-0.05, 0) is 6.92 Å². The van der Waals surface area contributed by atoms with Gasteiger partial charge >= 0.3 is 15.6 Å². The fourth-order valence-corrected chi connectivity index (χ4v) is 7.75. The second-order valence-electron chi connectivity index (χ2n) is 13.2. The molecule has 27 nitrogen and oxygen atoms in total. The Morgan fingerprint density at radius 1 is 0.983 bits per heavy atom. The van der Waals surface area contributed by atoms with Gasteiger partial charge < -0.3 is 74.8 Å². The van der Waals surface area contributed by atoms with Crippen molar-refractivity contribution in [2.45, 2.75) is 74.8 Å². The monoisotopic (exact) mass is 892 g/mol. The zero-order valence-corrected chi connectivity index (χ0v) is 33.5. The molecule has 0 spiro atoms. The van der Waals surface area contributed by atoms with Crippen LogP contribution in [0.5, 0.6) is 0 Å². The highest BCUT2D eigenvalue weighted by atomic mass is 31.3. The van der Waals surface area contributed by atoms with Crippen LogP contribution in [-0.2, 0) is 60.5 Å². The average Bonchev–Trinajstić information content (AvgIpc) is 3.70. The highest BCUT2D eigenvalue weighted by molar-refractivity contribution is 7.61. The Hall–Kier alpha value is -2.89. The number of carbonyl (C=O) groups is 2. The number of nitrogens with zero attached hydrogens (tertiary/aromatic N) is 3. The number of amides is 1. The van der Waals surface area contributed by atoms with Gasteiger partial charge in [0, 0.05) is 25.8 Å². The van der Waals surface area contributed by atoms with E-state index in [-0.39, 0.29) is 55.7 Å². The van der Waals surface area contributed by atoms with Gasteiger partial charge in [-0.15, -0.1) is 0 Å². The van der Waals surface area contributed by atoms with E-state index in [1.54, 1.807) is 0 Å². The van der Waals surface area contributed by atoms with Crippen molar-refractivity contribution in [1.29, 1.82) is 0 Å². The van der Waals surface area contributed by atoms with Gasteiger partial charge in [0.1, 0.15) is 35.8 Å². The van der Waals surface area contributed by atoms with Gasteiger partial charge in [0.05, 0.1) is 78.5 Å². The molecule has 7 unspecified atom stereocenters. The topological polar surface area (TPSA) is 395 Å². The summed E-state index contributed by atoms with van der Waals surface area (Å²) in [6.45, 7) is 1.04. The van der Waals surface area contributed by atoms with Crippen LogP contribution in [0.25, 0.3) is 11.2 Å². The number of hydrogen-bond acceptors (Lipinski definition) is 22. The van der Waals surface area contributed by atoms with E-state index in [0.717, 1.165) is 10.9 Å². The van der Waals surface area contributed by atoms with Crippen LogP contribution < -0.4 is 16.6 Å². The normalized spacial score (nSPS) is 28.0. The van der Waals surface area contributed by atoms with Crippen LogP contribution in [-0.4, -0.2) is 182 Å². The van der Waals surface area contributed by atoms with Crippen molar-refractivity contribution in [1.82, 2.24) is 24.8 Å². The van der Waals surface area contributed by atoms with Gasteiger partial charge in [-0.3, -0.25) is 33.0 Å². The summed E-state index contributed by atoms with van der Waals surface area (Å²) >= 11 is 0. The number of ether oxygens (including phenoxy) is 6. The molecule has 2 fully saturated rings. The molecule has 0 aromatic carbocycles. The lowest BCUT2D eigenvalue weighted by atomic mass is 9.87. The number of nitrogens with two attached hydrogens (primary N) is 1. The second kappa shape index (κ2) is 22.3. The molecule has 10 atom stereocenters. The van der Waals surface area contributed by atoms with Crippen LogP contribution in [0.3, 0.4) is 0 Å². The van der Waals surface area contributed by atoms with Crippen molar-refractivity contribution in [3.63, 3.8) is 0 Å². The molecule has 0 saturated carbocycles. The van der Waals surface area contributed by atoms with Crippen LogP contribution in [0, 0.1) is 0 Å². The molecule has 0 aliphatic carbocycles. The largest absolute Gasteiger partial charge is 0.483 e. The first-order valence-electron chi connectivity index (χ1n) is 18.0. The van der Waals surface area contributed by atoms with Gasteiger partial charge in [-0.2, -0.15) is 9.29 Å². The van der Waals surface area contributed by atoms with E-state index in [1.165, 1.54) is 6.92 Å². The summed E-state index contributed by atoms with van der Waals surface area (Å²) in [6.07, 6.45) is -11.5. The molecule has 29 heteroatoms. The minimum Gasteiger partial charge on any atom is -0.393 e. The smallest absolute Gasteiger partial charge is 0.393 e. The number of aliphatic hydroxyl groups excluding tert-OH is 4. The Morgan fingerprint density at radius 3 is 2.20 bits per heavy atom. The Kier molecular flexibility index (Phi) is 18.4. The standard InChI is InChI=1S/C30H50N6O21P2/c1-17(38)2-4-49-6-8-51-10-11-52-9-7-50-5-3-20(39)32-13-18-12-30(44,15-37)24(42)28(54-18)56-59(47,48)57-58(45,46)53-14-19-22(40)23(41)27(55-19)36-16-33-21-25(36)34-29(31)35-26(21)43/h16,18-19,22-24,27-28,37,40-42,44H,2-15H2,1H3,(H,32,39)(H,45,46)(H,47,48)(H3,31,34,35,43)/t18?,19-,22?,23?,24?,27-,28-,30?/m1/s1. The lowest BCUT2D eigenvalue weighted by Gasteiger charge is -2.43. The van der Waals surface area contributed by atoms with Gasteiger partial charge in [-0.1, -0.05) is 0 Å². The Balaban J connectivity index is 1.18. The molecule has 0 radical (unpaired) electrons. The number of nitrogen functional groups attached to an aromatic ring is 1. The summed E-state index contributed by atoms with van der Waals surface area (Å²) in [7, 11) is -11.3. The summed E-state index contributed by atoms with van der Waals surface area (Å²) < 4.78 is 72.5.